The predicted octanol–water partition coefficient (Wildman–Crippen LogP) is 1.57. The maximum absolute atomic E-state index is 12.0. The molecule has 1 heterocycles. The van der Waals surface area contributed by atoms with Crippen molar-refractivity contribution in [2.24, 2.45) is 0 Å². The summed E-state index contributed by atoms with van der Waals surface area (Å²) in [6.07, 6.45) is 8.40. The maximum Gasteiger partial charge on any atom is 0.301 e. The highest BCUT2D eigenvalue weighted by atomic mass is 32.2. The van der Waals surface area contributed by atoms with Crippen molar-refractivity contribution in [2.45, 2.75) is 57.5 Å². The lowest BCUT2D eigenvalue weighted by atomic mass is 10.2. The van der Waals surface area contributed by atoms with E-state index in [0.29, 0.717) is 13.1 Å². The minimum Gasteiger partial charge on any atom is -0.283 e. The Morgan fingerprint density at radius 2 is 1.53 bits per heavy atom. The van der Waals surface area contributed by atoms with Crippen molar-refractivity contribution in [2.75, 3.05) is 13.1 Å². The first-order valence-corrected chi connectivity index (χ1v) is 8.05. The summed E-state index contributed by atoms with van der Waals surface area (Å²) in [4.78, 5) is 7.58. The molecule has 0 unspecified atom stereocenters. The lowest BCUT2D eigenvalue weighted by Gasteiger charge is -2.21. The second kappa shape index (κ2) is 6.13. The molecule has 1 aliphatic carbocycles. The minimum atomic E-state index is -3.43. The fourth-order valence-electron chi connectivity index (χ4n) is 2.47. The molecule has 0 spiro atoms. The minimum absolute atomic E-state index is 0.0664. The van der Waals surface area contributed by atoms with Gasteiger partial charge in [0.2, 0.25) is 0 Å². The molecule has 6 heteroatoms. The number of nitrogens with zero attached hydrogens (tertiary/aromatic N) is 1. The van der Waals surface area contributed by atoms with Crippen LogP contribution < -0.4 is 4.89 Å². The molecular weight excluding hydrogens is 240 g/mol. The van der Waals surface area contributed by atoms with Gasteiger partial charge in [-0.05, 0) is 25.7 Å². The first-order valence-electron chi connectivity index (χ1n) is 6.61. The third kappa shape index (κ3) is 3.91. The van der Waals surface area contributed by atoms with Crippen molar-refractivity contribution in [3.8, 4) is 0 Å². The first kappa shape index (κ1) is 13.3. The van der Waals surface area contributed by atoms with Gasteiger partial charge >= 0.3 is 10.2 Å². The van der Waals surface area contributed by atoms with Crippen LogP contribution in [0.4, 0.5) is 0 Å². The third-order valence-corrected chi connectivity index (χ3v) is 4.88. The Labute approximate surface area is 104 Å². The van der Waals surface area contributed by atoms with E-state index in [9.17, 15) is 8.42 Å². The summed E-state index contributed by atoms with van der Waals surface area (Å²) in [7, 11) is -3.43. The Morgan fingerprint density at radius 1 is 0.941 bits per heavy atom. The van der Waals surface area contributed by atoms with Crippen LogP contribution in [0.5, 0.6) is 0 Å². The highest BCUT2D eigenvalue weighted by Gasteiger charge is 2.25. The van der Waals surface area contributed by atoms with E-state index in [-0.39, 0.29) is 6.10 Å². The van der Waals surface area contributed by atoms with E-state index in [1.165, 1.54) is 4.31 Å². The summed E-state index contributed by atoms with van der Waals surface area (Å²) < 4.78 is 25.5. The van der Waals surface area contributed by atoms with Crippen molar-refractivity contribution in [1.29, 1.82) is 0 Å². The Hall–Kier alpha value is -0.170. The van der Waals surface area contributed by atoms with Crippen LogP contribution in [0.3, 0.4) is 0 Å². The molecule has 0 bridgehead atoms. The van der Waals surface area contributed by atoms with Crippen molar-refractivity contribution in [3.63, 3.8) is 0 Å². The van der Waals surface area contributed by atoms with Crippen molar-refractivity contribution in [1.82, 2.24) is 9.19 Å². The lowest BCUT2D eigenvalue weighted by Crippen LogP contribution is -2.42. The molecule has 1 N–H and O–H groups in total. The van der Waals surface area contributed by atoms with Gasteiger partial charge in [-0.3, -0.25) is 4.84 Å². The smallest absolute Gasteiger partial charge is 0.283 e. The lowest BCUT2D eigenvalue weighted by molar-refractivity contribution is 0.0190. The largest absolute Gasteiger partial charge is 0.301 e. The molecule has 0 aromatic carbocycles. The molecule has 17 heavy (non-hydrogen) atoms. The third-order valence-electron chi connectivity index (χ3n) is 3.53. The van der Waals surface area contributed by atoms with E-state index in [2.05, 4.69) is 4.89 Å². The molecule has 0 aromatic rings. The molecule has 1 aliphatic heterocycles. The Bertz CT molecular complexity index is 318. The molecule has 1 saturated heterocycles. The second-order valence-corrected chi connectivity index (χ2v) is 6.56. The summed E-state index contributed by atoms with van der Waals surface area (Å²) in [6, 6.07) is 0. The van der Waals surface area contributed by atoms with E-state index in [1.54, 1.807) is 0 Å². The summed E-state index contributed by atoms with van der Waals surface area (Å²) in [5.41, 5.74) is 0. The monoisotopic (exact) mass is 262 g/mol. The van der Waals surface area contributed by atoms with Crippen molar-refractivity contribution in [3.05, 3.63) is 0 Å². The molecule has 2 aliphatic rings. The number of rotatable bonds is 4. The van der Waals surface area contributed by atoms with Crippen LogP contribution in [0.1, 0.15) is 51.4 Å². The maximum atomic E-state index is 12.0. The van der Waals surface area contributed by atoms with E-state index in [4.69, 9.17) is 4.84 Å². The van der Waals surface area contributed by atoms with Crippen LogP contribution in [-0.4, -0.2) is 31.9 Å². The SMILES string of the molecule is O=S(=O)(NOC1CCCC1)N1CCCCCC1. The normalized spacial score (nSPS) is 24.9. The van der Waals surface area contributed by atoms with Crippen LogP contribution in [0.15, 0.2) is 0 Å². The van der Waals surface area contributed by atoms with Gasteiger partial charge in [0.1, 0.15) is 0 Å². The highest BCUT2D eigenvalue weighted by Crippen LogP contribution is 2.20. The van der Waals surface area contributed by atoms with E-state index in [0.717, 1.165) is 51.4 Å². The van der Waals surface area contributed by atoms with Gasteiger partial charge in [0.25, 0.3) is 0 Å². The zero-order valence-electron chi connectivity index (χ0n) is 10.2. The van der Waals surface area contributed by atoms with Gasteiger partial charge in [0, 0.05) is 13.1 Å². The van der Waals surface area contributed by atoms with Gasteiger partial charge in [-0.1, -0.05) is 30.6 Å². The first-order chi connectivity index (χ1) is 8.18. The van der Waals surface area contributed by atoms with Crippen LogP contribution in [-0.2, 0) is 15.0 Å². The second-order valence-electron chi connectivity index (χ2n) is 4.93. The summed E-state index contributed by atoms with van der Waals surface area (Å²) >= 11 is 0. The number of hydrogen-bond acceptors (Lipinski definition) is 3. The summed E-state index contributed by atoms with van der Waals surface area (Å²) in [6.45, 7) is 1.23. The van der Waals surface area contributed by atoms with Gasteiger partial charge < -0.3 is 0 Å². The molecule has 1 saturated carbocycles. The number of nitrogens with one attached hydrogen (secondary N) is 1. The molecule has 0 aromatic heterocycles. The quantitative estimate of drug-likeness (QED) is 0.782. The molecule has 2 rings (SSSR count). The topological polar surface area (TPSA) is 58.6 Å². The van der Waals surface area contributed by atoms with Crippen LogP contribution in [0.25, 0.3) is 0 Å². The van der Waals surface area contributed by atoms with Gasteiger partial charge in [-0.2, -0.15) is 12.7 Å². The van der Waals surface area contributed by atoms with E-state index in [1.807, 2.05) is 0 Å². The summed E-state index contributed by atoms with van der Waals surface area (Å²) in [5, 5.41) is 0. The zero-order valence-corrected chi connectivity index (χ0v) is 11.0. The van der Waals surface area contributed by atoms with Gasteiger partial charge in [-0.25, -0.2) is 0 Å². The Morgan fingerprint density at radius 3 is 2.12 bits per heavy atom. The van der Waals surface area contributed by atoms with E-state index >= 15 is 0 Å². The fourth-order valence-corrected chi connectivity index (χ4v) is 3.57. The predicted molar refractivity (Wildman–Crippen MR) is 65.4 cm³/mol. The average molecular weight is 262 g/mol. The summed E-state index contributed by atoms with van der Waals surface area (Å²) in [5.74, 6) is 0. The van der Waals surface area contributed by atoms with Gasteiger partial charge in [0.05, 0.1) is 6.10 Å². The highest BCUT2D eigenvalue weighted by molar-refractivity contribution is 7.87. The van der Waals surface area contributed by atoms with Gasteiger partial charge in [-0.15, -0.1) is 0 Å². The Kier molecular flexibility index (Phi) is 4.78. The molecule has 100 valence electrons. The Balaban J connectivity index is 1.83. The van der Waals surface area contributed by atoms with Crippen molar-refractivity contribution < 1.29 is 13.3 Å². The molecule has 2 fully saturated rings. The molecule has 5 nitrogen and oxygen atoms in total. The standard InChI is InChI=1S/C11H22N2O3S/c14-17(15,12-16-11-7-3-4-8-11)13-9-5-1-2-6-10-13/h11-12H,1-10H2. The number of hydrogen-bond donors (Lipinski definition) is 1. The van der Waals surface area contributed by atoms with Gasteiger partial charge in [0.15, 0.2) is 0 Å². The van der Waals surface area contributed by atoms with E-state index < -0.39 is 10.2 Å². The zero-order chi connectivity index (χ0) is 12.1. The fraction of sp³-hybridized carbons (Fsp3) is 1.00. The van der Waals surface area contributed by atoms with Crippen LogP contribution in [0, 0.1) is 0 Å². The molecule has 0 atom stereocenters. The molecule has 0 radical (unpaired) electrons. The van der Waals surface area contributed by atoms with Crippen LogP contribution >= 0.6 is 0 Å². The average Bonchev–Trinajstić information content (AvgIpc) is 2.66. The van der Waals surface area contributed by atoms with Crippen LogP contribution in [0.2, 0.25) is 0 Å². The van der Waals surface area contributed by atoms with Crippen molar-refractivity contribution >= 4 is 10.2 Å². The molecule has 0 amide bonds. The molecular formula is C11H22N2O3S.